The molecule has 0 saturated carbocycles. The number of benzene rings is 1. The molecule has 0 bridgehead atoms. The molecule has 0 saturated heterocycles. The van der Waals surface area contributed by atoms with Crippen molar-refractivity contribution in [1.29, 1.82) is 0 Å². The van der Waals surface area contributed by atoms with E-state index in [2.05, 4.69) is 9.97 Å². The Morgan fingerprint density at radius 3 is 2.48 bits per heavy atom. The molecule has 2 aromatic rings. The number of nitrogen functional groups attached to an aromatic ring is 1. The summed E-state index contributed by atoms with van der Waals surface area (Å²) < 4.78 is 5.13. The molecule has 108 valence electrons. The Morgan fingerprint density at radius 2 is 1.86 bits per heavy atom. The monoisotopic (exact) mass is 311 g/mol. The van der Waals surface area contributed by atoms with E-state index in [0.717, 1.165) is 18.3 Å². The summed E-state index contributed by atoms with van der Waals surface area (Å²) in [7, 11) is 0. The molecule has 0 aliphatic heterocycles. The van der Waals surface area contributed by atoms with Crippen LogP contribution in [0, 0.1) is 20.2 Å². The summed E-state index contributed by atoms with van der Waals surface area (Å²) >= 11 is 5.73. The number of nitrogens with zero attached hydrogens (tertiary/aromatic N) is 4. The fourth-order valence-electron chi connectivity index (χ4n) is 1.40. The Kier molecular flexibility index (Phi) is 3.80. The normalized spacial score (nSPS) is 10.1. The van der Waals surface area contributed by atoms with E-state index in [9.17, 15) is 20.2 Å². The average molecular weight is 312 g/mol. The molecule has 1 aromatic carbocycles. The second-order valence-corrected chi connectivity index (χ2v) is 4.08. The summed E-state index contributed by atoms with van der Waals surface area (Å²) in [6, 6.07) is 3.53. The minimum Gasteiger partial charge on any atom is -0.426 e. The Labute approximate surface area is 121 Å². The first-order valence-electron chi connectivity index (χ1n) is 5.27. The van der Waals surface area contributed by atoms with Crippen molar-refractivity contribution < 1.29 is 14.6 Å². The van der Waals surface area contributed by atoms with Gasteiger partial charge in [0, 0.05) is 17.2 Å². The Balaban J connectivity index is 2.52. The molecule has 1 aromatic heterocycles. The largest absolute Gasteiger partial charge is 0.426 e. The zero-order valence-corrected chi connectivity index (χ0v) is 10.9. The highest BCUT2D eigenvalue weighted by Crippen LogP contribution is 2.36. The fourth-order valence-corrected chi connectivity index (χ4v) is 1.56. The van der Waals surface area contributed by atoms with Gasteiger partial charge in [0.25, 0.3) is 0 Å². The van der Waals surface area contributed by atoms with Gasteiger partial charge < -0.3 is 10.5 Å². The summed E-state index contributed by atoms with van der Waals surface area (Å²) in [5, 5.41) is 21.9. The Bertz CT molecular complexity index is 676. The number of nitrogens with two attached hydrogens (primary N) is 1. The quantitative estimate of drug-likeness (QED) is 0.668. The van der Waals surface area contributed by atoms with E-state index >= 15 is 0 Å². The number of rotatable bonds is 4. The van der Waals surface area contributed by atoms with E-state index in [0.29, 0.717) is 0 Å². The minimum atomic E-state index is -0.800. The van der Waals surface area contributed by atoms with Crippen molar-refractivity contribution in [1.82, 2.24) is 9.97 Å². The zero-order valence-electron chi connectivity index (χ0n) is 10.1. The lowest BCUT2D eigenvalue weighted by Crippen LogP contribution is -2.02. The molecule has 11 heteroatoms. The third-order valence-electron chi connectivity index (χ3n) is 2.28. The lowest BCUT2D eigenvalue weighted by Gasteiger charge is -2.06. The molecule has 0 fully saturated rings. The predicted octanol–water partition coefficient (Wildman–Crippen LogP) is 2.32. The van der Waals surface area contributed by atoms with E-state index in [1.165, 1.54) is 6.07 Å². The topological polar surface area (TPSA) is 147 Å². The van der Waals surface area contributed by atoms with Gasteiger partial charge in [-0.25, -0.2) is 4.98 Å². The molecule has 0 aliphatic rings. The van der Waals surface area contributed by atoms with Crippen LogP contribution in [0.3, 0.4) is 0 Å². The van der Waals surface area contributed by atoms with Crippen LogP contribution in [0.2, 0.25) is 5.02 Å². The maximum absolute atomic E-state index is 10.9. The number of ether oxygens (including phenoxy) is 1. The van der Waals surface area contributed by atoms with E-state index in [4.69, 9.17) is 22.1 Å². The lowest BCUT2D eigenvalue weighted by atomic mass is 10.3. The van der Waals surface area contributed by atoms with E-state index in [1.54, 1.807) is 0 Å². The third kappa shape index (κ3) is 3.12. The second-order valence-electron chi connectivity index (χ2n) is 3.65. The zero-order chi connectivity index (χ0) is 15.6. The summed E-state index contributed by atoms with van der Waals surface area (Å²) in [5.74, 6) is -1.09. The first-order valence-corrected chi connectivity index (χ1v) is 5.65. The number of anilines is 1. The molecular formula is C10H6ClN5O5. The van der Waals surface area contributed by atoms with Crippen LogP contribution >= 0.6 is 11.6 Å². The number of aromatic nitrogens is 2. The van der Waals surface area contributed by atoms with Crippen molar-refractivity contribution in [3.05, 3.63) is 49.6 Å². The summed E-state index contributed by atoms with van der Waals surface area (Å²) in [6.45, 7) is 0. The van der Waals surface area contributed by atoms with Crippen molar-refractivity contribution in [2.24, 2.45) is 0 Å². The number of nitro groups is 2. The van der Waals surface area contributed by atoms with Crippen molar-refractivity contribution >= 4 is 28.9 Å². The lowest BCUT2D eigenvalue weighted by molar-refractivity contribution is -0.387. The minimum absolute atomic E-state index is 0.153. The number of hydrogen-bond acceptors (Lipinski definition) is 8. The van der Waals surface area contributed by atoms with Crippen LogP contribution in [-0.2, 0) is 0 Å². The molecule has 10 nitrogen and oxygen atoms in total. The molecule has 0 atom stereocenters. The van der Waals surface area contributed by atoms with Crippen LogP contribution in [0.4, 0.5) is 17.3 Å². The first kappa shape index (κ1) is 14.4. The first-order chi connectivity index (χ1) is 9.88. The van der Waals surface area contributed by atoms with Crippen LogP contribution in [0.5, 0.6) is 11.6 Å². The Morgan fingerprint density at radius 1 is 1.19 bits per heavy atom. The summed E-state index contributed by atoms with van der Waals surface area (Å²) in [5.41, 5.74) is 4.31. The number of hydrogen-bond donors (Lipinski definition) is 1. The molecule has 0 aliphatic carbocycles. The molecular weight excluding hydrogens is 306 g/mol. The van der Waals surface area contributed by atoms with Crippen LogP contribution < -0.4 is 10.5 Å². The van der Waals surface area contributed by atoms with Crippen molar-refractivity contribution in [2.45, 2.75) is 0 Å². The van der Waals surface area contributed by atoms with Gasteiger partial charge >= 0.3 is 17.3 Å². The van der Waals surface area contributed by atoms with E-state index in [1.807, 2.05) is 0 Å². The molecule has 1 heterocycles. The average Bonchev–Trinajstić information content (AvgIpc) is 2.38. The van der Waals surface area contributed by atoms with Gasteiger partial charge in [-0.15, -0.1) is 0 Å². The van der Waals surface area contributed by atoms with Crippen LogP contribution in [0.25, 0.3) is 0 Å². The molecule has 0 amide bonds. The maximum atomic E-state index is 10.9. The molecule has 2 rings (SSSR count). The van der Waals surface area contributed by atoms with Gasteiger partial charge in [-0.3, -0.25) is 20.2 Å². The molecule has 0 radical (unpaired) electrons. The number of nitro benzene ring substituents is 1. The standard InChI is InChI=1S/C10H6ClN5O5/c11-5-1-2-6(15(17)18)8(3-5)21-9-7(16(19)20)4-13-10(12)14-9/h1-4H,(H2,12,13,14). The van der Waals surface area contributed by atoms with Gasteiger partial charge in [-0.2, -0.15) is 4.98 Å². The molecule has 0 unspecified atom stereocenters. The van der Waals surface area contributed by atoms with Gasteiger partial charge in [-0.05, 0) is 6.07 Å². The Hall–Kier alpha value is -3.01. The summed E-state index contributed by atoms with van der Waals surface area (Å²) in [4.78, 5) is 27.3. The van der Waals surface area contributed by atoms with Gasteiger partial charge in [-0.1, -0.05) is 11.6 Å². The highest BCUT2D eigenvalue weighted by molar-refractivity contribution is 6.30. The van der Waals surface area contributed by atoms with Gasteiger partial charge in [0.2, 0.25) is 11.7 Å². The smallest absolute Gasteiger partial charge is 0.349 e. The highest BCUT2D eigenvalue weighted by atomic mass is 35.5. The van der Waals surface area contributed by atoms with Gasteiger partial charge in [0.05, 0.1) is 9.85 Å². The van der Waals surface area contributed by atoms with Gasteiger partial charge in [0.1, 0.15) is 6.20 Å². The summed E-state index contributed by atoms with van der Waals surface area (Å²) in [6.07, 6.45) is 0.841. The van der Waals surface area contributed by atoms with Crippen molar-refractivity contribution in [2.75, 3.05) is 5.73 Å². The van der Waals surface area contributed by atoms with Gasteiger partial charge in [0.15, 0.2) is 0 Å². The second kappa shape index (κ2) is 5.54. The fraction of sp³-hybridized carbons (Fsp3) is 0. The predicted molar refractivity (Wildman–Crippen MR) is 71.3 cm³/mol. The van der Waals surface area contributed by atoms with Crippen molar-refractivity contribution in [3.8, 4) is 11.6 Å². The SMILES string of the molecule is Nc1ncc([N+](=O)[O-])c(Oc2cc(Cl)ccc2[N+](=O)[O-])n1. The number of halogens is 1. The van der Waals surface area contributed by atoms with Crippen LogP contribution in [0.15, 0.2) is 24.4 Å². The van der Waals surface area contributed by atoms with E-state index < -0.39 is 27.1 Å². The van der Waals surface area contributed by atoms with Crippen LogP contribution in [-0.4, -0.2) is 19.8 Å². The van der Waals surface area contributed by atoms with Crippen LogP contribution in [0.1, 0.15) is 0 Å². The highest BCUT2D eigenvalue weighted by Gasteiger charge is 2.23. The molecule has 0 spiro atoms. The van der Waals surface area contributed by atoms with Crippen molar-refractivity contribution in [3.63, 3.8) is 0 Å². The third-order valence-corrected chi connectivity index (χ3v) is 2.51. The maximum Gasteiger partial charge on any atom is 0.349 e. The van der Waals surface area contributed by atoms with E-state index in [-0.39, 0.29) is 16.7 Å². The molecule has 21 heavy (non-hydrogen) atoms. The molecule has 2 N–H and O–H groups in total.